The summed E-state index contributed by atoms with van der Waals surface area (Å²) in [6.07, 6.45) is 3.16. The third-order valence-corrected chi connectivity index (χ3v) is 6.72. The molecule has 1 unspecified atom stereocenters. The highest BCUT2D eigenvalue weighted by Gasteiger charge is 2.46. The lowest BCUT2D eigenvalue weighted by atomic mass is 9.95. The number of aliphatic hydroxyl groups is 1. The van der Waals surface area contributed by atoms with Gasteiger partial charge in [0.25, 0.3) is 11.7 Å². The van der Waals surface area contributed by atoms with Gasteiger partial charge in [0.05, 0.1) is 24.8 Å². The van der Waals surface area contributed by atoms with Crippen LogP contribution in [0.2, 0.25) is 0 Å². The lowest BCUT2D eigenvalue weighted by molar-refractivity contribution is -0.140. The number of hydrogen-bond acceptors (Lipinski definition) is 6. The zero-order chi connectivity index (χ0) is 26.8. The molecule has 1 heterocycles. The van der Waals surface area contributed by atoms with Gasteiger partial charge in [-0.1, -0.05) is 45.7 Å². The van der Waals surface area contributed by atoms with Crippen molar-refractivity contribution in [1.82, 2.24) is 9.80 Å². The highest BCUT2D eigenvalue weighted by atomic mass is 16.5. The molecule has 0 spiro atoms. The van der Waals surface area contributed by atoms with Crippen LogP contribution < -0.4 is 9.47 Å². The molecule has 1 amide bonds. The minimum atomic E-state index is -0.707. The summed E-state index contributed by atoms with van der Waals surface area (Å²) in [5.41, 5.74) is 1.29. The Morgan fingerprint density at radius 3 is 2.32 bits per heavy atom. The summed E-state index contributed by atoms with van der Waals surface area (Å²) in [5, 5.41) is 11.3. The van der Waals surface area contributed by atoms with Crippen LogP contribution in [0.15, 0.2) is 54.1 Å². The third-order valence-electron chi connectivity index (χ3n) is 6.72. The maximum absolute atomic E-state index is 13.3. The Morgan fingerprint density at radius 2 is 1.68 bits per heavy atom. The Labute approximate surface area is 220 Å². The van der Waals surface area contributed by atoms with E-state index in [0.717, 1.165) is 37.9 Å². The fourth-order valence-corrected chi connectivity index (χ4v) is 4.59. The normalized spacial score (nSPS) is 17.0. The Balaban J connectivity index is 2.02. The second-order valence-electron chi connectivity index (χ2n) is 9.10. The molecule has 1 fully saturated rings. The Morgan fingerprint density at radius 1 is 0.946 bits per heavy atom. The number of amides is 1. The maximum atomic E-state index is 13.3. The zero-order valence-corrected chi connectivity index (χ0v) is 22.5. The van der Waals surface area contributed by atoms with E-state index in [2.05, 4.69) is 25.7 Å². The van der Waals surface area contributed by atoms with Crippen LogP contribution in [0.3, 0.4) is 0 Å². The first kappa shape index (κ1) is 28.3. The molecule has 7 nitrogen and oxygen atoms in total. The van der Waals surface area contributed by atoms with Gasteiger partial charge in [0, 0.05) is 18.7 Å². The molecule has 2 aromatic rings. The van der Waals surface area contributed by atoms with E-state index in [1.165, 1.54) is 0 Å². The summed E-state index contributed by atoms with van der Waals surface area (Å²) in [7, 11) is 0. The molecule has 1 aliphatic heterocycles. The van der Waals surface area contributed by atoms with Gasteiger partial charge in [-0.2, -0.15) is 0 Å². The highest BCUT2D eigenvalue weighted by molar-refractivity contribution is 6.46. The number of carbonyl (C=O) groups excluding carboxylic acids is 2. The Hall–Kier alpha value is -3.32. The molecule has 0 saturated carbocycles. The molecule has 0 aliphatic carbocycles. The molecule has 7 heteroatoms. The average Bonchev–Trinajstić information content (AvgIpc) is 3.17. The van der Waals surface area contributed by atoms with Crippen LogP contribution in [0.1, 0.15) is 64.1 Å². The first-order chi connectivity index (χ1) is 17.9. The number of ether oxygens (including phenoxy) is 2. The van der Waals surface area contributed by atoms with Gasteiger partial charge in [0.2, 0.25) is 0 Å². The molecular formula is C30H40N2O5. The number of rotatable bonds is 14. The molecular weight excluding hydrogens is 468 g/mol. The van der Waals surface area contributed by atoms with E-state index in [1.54, 1.807) is 29.2 Å². The standard InChI is InChI=1S/C30H40N2O5/c1-5-9-10-20-37-25-13-11-12-23(21-25)27-26(28(33)22-14-16-24(17-15-22)36-8-4)29(34)30(35)32(27)19-18-31(6-2)7-3/h11-17,21,27,33H,5-10,18-20H2,1-4H3. The molecule has 1 atom stereocenters. The largest absolute Gasteiger partial charge is 0.507 e. The van der Waals surface area contributed by atoms with Crippen molar-refractivity contribution in [3.63, 3.8) is 0 Å². The second kappa shape index (κ2) is 13.8. The molecule has 37 heavy (non-hydrogen) atoms. The van der Waals surface area contributed by atoms with E-state index in [1.807, 2.05) is 31.2 Å². The molecule has 0 bridgehead atoms. The molecule has 1 saturated heterocycles. The monoisotopic (exact) mass is 508 g/mol. The molecule has 1 aliphatic rings. The number of likely N-dealkylation sites (tertiary alicyclic amines) is 1. The van der Waals surface area contributed by atoms with Crippen LogP contribution in [-0.4, -0.2) is 66.0 Å². The zero-order valence-electron chi connectivity index (χ0n) is 22.5. The van der Waals surface area contributed by atoms with Crippen molar-refractivity contribution in [2.24, 2.45) is 0 Å². The Bertz CT molecular complexity index is 1080. The molecule has 200 valence electrons. The van der Waals surface area contributed by atoms with Crippen LogP contribution in [0, 0.1) is 0 Å². The summed E-state index contributed by atoms with van der Waals surface area (Å²) in [6, 6.07) is 13.7. The summed E-state index contributed by atoms with van der Waals surface area (Å²) >= 11 is 0. The number of aliphatic hydroxyl groups excluding tert-OH is 1. The minimum absolute atomic E-state index is 0.0943. The summed E-state index contributed by atoms with van der Waals surface area (Å²) in [6.45, 7) is 12.0. The highest BCUT2D eigenvalue weighted by Crippen LogP contribution is 2.40. The van der Waals surface area contributed by atoms with Crippen molar-refractivity contribution in [2.75, 3.05) is 39.4 Å². The number of hydrogen-bond donors (Lipinski definition) is 1. The van der Waals surface area contributed by atoms with E-state index in [9.17, 15) is 14.7 Å². The number of likely N-dealkylation sites (N-methyl/N-ethyl adjacent to an activating group) is 1. The number of unbranched alkanes of at least 4 members (excludes halogenated alkanes) is 2. The van der Waals surface area contributed by atoms with Crippen molar-refractivity contribution >= 4 is 17.4 Å². The van der Waals surface area contributed by atoms with Crippen LogP contribution in [0.5, 0.6) is 11.5 Å². The van der Waals surface area contributed by atoms with Crippen molar-refractivity contribution in [3.8, 4) is 11.5 Å². The van der Waals surface area contributed by atoms with Crippen LogP contribution in [0.4, 0.5) is 0 Å². The minimum Gasteiger partial charge on any atom is -0.507 e. The molecule has 1 N–H and O–H groups in total. The van der Waals surface area contributed by atoms with Gasteiger partial charge in [0.15, 0.2) is 0 Å². The molecule has 3 rings (SSSR count). The topological polar surface area (TPSA) is 79.3 Å². The lowest BCUT2D eigenvalue weighted by Crippen LogP contribution is -2.38. The predicted octanol–water partition coefficient (Wildman–Crippen LogP) is 5.42. The number of nitrogens with zero attached hydrogens (tertiary/aromatic N) is 2. The molecule has 0 radical (unpaired) electrons. The van der Waals surface area contributed by atoms with Gasteiger partial charge in [-0.3, -0.25) is 9.59 Å². The van der Waals surface area contributed by atoms with Gasteiger partial charge < -0.3 is 24.4 Å². The van der Waals surface area contributed by atoms with Crippen molar-refractivity contribution in [3.05, 3.63) is 65.2 Å². The van der Waals surface area contributed by atoms with E-state index in [-0.39, 0.29) is 11.3 Å². The van der Waals surface area contributed by atoms with E-state index >= 15 is 0 Å². The smallest absolute Gasteiger partial charge is 0.295 e. The molecule has 2 aromatic carbocycles. The fourth-order valence-electron chi connectivity index (χ4n) is 4.59. The first-order valence-electron chi connectivity index (χ1n) is 13.4. The number of carbonyl (C=O) groups is 2. The van der Waals surface area contributed by atoms with Crippen molar-refractivity contribution in [2.45, 2.75) is 53.0 Å². The van der Waals surface area contributed by atoms with Gasteiger partial charge in [-0.25, -0.2) is 0 Å². The third kappa shape index (κ3) is 6.92. The van der Waals surface area contributed by atoms with Crippen LogP contribution >= 0.6 is 0 Å². The van der Waals surface area contributed by atoms with Gasteiger partial charge >= 0.3 is 0 Å². The molecule has 0 aromatic heterocycles. The predicted molar refractivity (Wildman–Crippen MR) is 146 cm³/mol. The van der Waals surface area contributed by atoms with Crippen molar-refractivity contribution < 1.29 is 24.2 Å². The quantitative estimate of drug-likeness (QED) is 0.159. The Kier molecular flexibility index (Phi) is 10.6. The second-order valence-corrected chi connectivity index (χ2v) is 9.10. The van der Waals surface area contributed by atoms with Gasteiger partial charge in [0.1, 0.15) is 17.3 Å². The fraction of sp³-hybridized carbons (Fsp3) is 0.467. The van der Waals surface area contributed by atoms with Crippen LogP contribution in [0.25, 0.3) is 5.76 Å². The SMILES string of the molecule is CCCCCOc1cccc(C2C(=C(O)c3ccc(OCC)cc3)C(=O)C(=O)N2CCN(CC)CC)c1. The van der Waals surface area contributed by atoms with Crippen LogP contribution in [-0.2, 0) is 9.59 Å². The average molecular weight is 509 g/mol. The first-order valence-corrected chi connectivity index (χ1v) is 13.4. The van der Waals surface area contributed by atoms with Gasteiger partial charge in [-0.15, -0.1) is 0 Å². The van der Waals surface area contributed by atoms with Crippen molar-refractivity contribution in [1.29, 1.82) is 0 Å². The van der Waals surface area contributed by atoms with E-state index in [4.69, 9.17) is 9.47 Å². The summed E-state index contributed by atoms with van der Waals surface area (Å²) in [4.78, 5) is 30.4. The van der Waals surface area contributed by atoms with Gasteiger partial charge in [-0.05, 0) is 68.4 Å². The summed E-state index contributed by atoms with van der Waals surface area (Å²) in [5.74, 6) is -0.109. The number of benzene rings is 2. The number of Topliss-reactive ketones (excluding diaryl/α,β-unsaturated/α-hetero) is 1. The number of ketones is 1. The maximum Gasteiger partial charge on any atom is 0.295 e. The lowest BCUT2D eigenvalue weighted by Gasteiger charge is -2.28. The van der Waals surface area contributed by atoms with E-state index in [0.29, 0.717) is 43.4 Å². The summed E-state index contributed by atoms with van der Waals surface area (Å²) < 4.78 is 11.5. The van der Waals surface area contributed by atoms with E-state index < -0.39 is 17.7 Å².